The predicted octanol–water partition coefficient (Wildman–Crippen LogP) is -1.54. The van der Waals surface area contributed by atoms with Gasteiger partial charge in [-0.05, 0) is 87.5 Å². The van der Waals surface area contributed by atoms with Crippen molar-refractivity contribution >= 4 is 92.6 Å². The van der Waals surface area contributed by atoms with Crippen LogP contribution in [0.15, 0.2) is 64.6 Å². The lowest BCUT2D eigenvalue weighted by atomic mass is 9.85. The Balaban J connectivity index is 1.45. The van der Waals surface area contributed by atoms with E-state index < -0.39 is 124 Å². The highest BCUT2D eigenvalue weighted by atomic mass is 33.1. The van der Waals surface area contributed by atoms with Crippen molar-refractivity contribution in [2.75, 3.05) is 45.1 Å². The second kappa shape index (κ2) is 36.6. The molecular weight excluding hydrogens is 1190 g/mol. The molecule has 2 aliphatic heterocycles. The molecule has 2 heterocycles. The van der Waals surface area contributed by atoms with Gasteiger partial charge in [0.05, 0.1) is 19.1 Å². The van der Waals surface area contributed by atoms with Crippen LogP contribution in [0.2, 0.25) is 0 Å². The highest BCUT2D eigenvalue weighted by Gasteiger charge is 2.42. The monoisotopic (exact) mass is 1280 g/mol. The number of rotatable bonds is 25. The maximum absolute atomic E-state index is 15.1. The minimum Gasteiger partial charge on any atom is -0.494 e. The molecule has 0 aromatic heterocycles. The van der Waals surface area contributed by atoms with E-state index in [1.165, 1.54) is 26.5 Å². The van der Waals surface area contributed by atoms with Gasteiger partial charge in [0, 0.05) is 62.5 Å². The number of nitrogens with two attached hydrogens (primary N) is 6. The Morgan fingerprint density at radius 3 is 1.91 bits per heavy atom. The molecule has 0 unspecified atom stereocenters. The van der Waals surface area contributed by atoms with Gasteiger partial charge in [0.2, 0.25) is 59.1 Å². The smallest absolute Gasteiger partial charge is 0.246 e. The largest absolute Gasteiger partial charge is 0.494 e. The van der Waals surface area contributed by atoms with Gasteiger partial charge in [0.15, 0.2) is 11.9 Å². The molecule has 0 bridgehead atoms. The van der Waals surface area contributed by atoms with Crippen molar-refractivity contribution in [2.45, 2.75) is 170 Å². The molecule has 1 spiro atoms. The van der Waals surface area contributed by atoms with E-state index in [0.717, 1.165) is 19.3 Å². The minimum absolute atomic E-state index is 0.00252. The van der Waals surface area contributed by atoms with E-state index in [4.69, 9.17) is 39.1 Å². The van der Waals surface area contributed by atoms with E-state index in [1.54, 1.807) is 68.4 Å². The van der Waals surface area contributed by atoms with Crippen LogP contribution in [0.5, 0.6) is 5.75 Å². The van der Waals surface area contributed by atoms with Gasteiger partial charge < -0.3 is 86.6 Å². The minimum atomic E-state index is -1.67. The van der Waals surface area contributed by atoms with Gasteiger partial charge in [-0.15, -0.1) is 0 Å². The fraction of sp³-hybridized carbons (Fsp3) is 0.593. The molecule has 30 heteroatoms. The summed E-state index contributed by atoms with van der Waals surface area (Å²) in [6, 6.07) is 5.94. The molecule has 5 rings (SSSR count). The third-order valence-corrected chi connectivity index (χ3v) is 18.6. The van der Waals surface area contributed by atoms with Gasteiger partial charge >= 0.3 is 0 Å². The van der Waals surface area contributed by atoms with Crippen molar-refractivity contribution in [3.63, 3.8) is 0 Å². The molecule has 3 aliphatic rings. The molecule has 1 saturated carbocycles. The number of amides is 10. The summed E-state index contributed by atoms with van der Waals surface area (Å²) >= 11 is 0. The zero-order valence-corrected chi connectivity index (χ0v) is 52.7. The average molecular weight is 1280 g/mol. The van der Waals surface area contributed by atoms with Crippen LogP contribution in [0.1, 0.15) is 115 Å². The van der Waals surface area contributed by atoms with Gasteiger partial charge in [-0.3, -0.25) is 57.9 Å². The quantitative estimate of drug-likeness (QED) is 0.0232. The highest BCUT2D eigenvalue weighted by molar-refractivity contribution is 8.77. The number of carbonyl (C=O) groups is 10. The highest BCUT2D eigenvalue weighted by Crippen LogP contribution is 2.48. The first-order valence-electron chi connectivity index (χ1n) is 30.4. The Labute approximate surface area is 527 Å². The van der Waals surface area contributed by atoms with Gasteiger partial charge in [-0.1, -0.05) is 97.2 Å². The van der Waals surface area contributed by atoms with Crippen molar-refractivity contribution in [3.8, 4) is 5.75 Å². The zero-order valence-electron chi connectivity index (χ0n) is 51.1. The molecule has 2 aromatic carbocycles. The van der Waals surface area contributed by atoms with E-state index in [2.05, 4.69) is 52.5 Å². The molecule has 28 nitrogen and oxygen atoms in total. The van der Waals surface area contributed by atoms with E-state index in [9.17, 15) is 43.2 Å². The Kier molecular flexibility index (Phi) is 29.5. The lowest BCUT2D eigenvalue weighted by Gasteiger charge is -2.37. The Morgan fingerprint density at radius 2 is 1.29 bits per heavy atom. The first-order valence-corrected chi connectivity index (χ1v) is 32.7. The number of carbonyl (C=O) groups excluding carboxylic acids is 10. The maximum atomic E-state index is 15.1. The molecule has 1 aliphatic carbocycles. The van der Waals surface area contributed by atoms with Crippen molar-refractivity contribution < 1.29 is 52.7 Å². The molecule has 2 saturated heterocycles. The topological polar surface area (TPSA) is 460 Å². The van der Waals surface area contributed by atoms with E-state index >= 15 is 4.79 Å². The molecule has 2 aromatic rings. The summed E-state index contributed by atoms with van der Waals surface area (Å²) in [6.45, 7) is 6.03. The van der Waals surface area contributed by atoms with Crippen LogP contribution in [0.4, 0.5) is 0 Å². The van der Waals surface area contributed by atoms with Crippen LogP contribution < -0.4 is 81.7 Å². The standard InChI is InChI=1S/C59H91N17O11S2/c1-4-87-38-21-19-37(20-22-38)31-41-51(81)72-42(30-36-14-7-5-8-15-36)53(83)75-48(35(2)3)55(85)73-43(32-46(61)77)52(82)74-44(34-88-89-59(33-47(78)70-41)23-9-6-10-24-59)56(86)76-29-13-18-45(76)54(84)71-40(17-12-26-69-58(64)65)50(80)67-28-27-66-49(79)39(60)16-11-25-68-57(62)63/h5,7-8,14-15,19-22,35,39-45,48H,4,6,9-13,16-18,23-34,60H2,1-3H3,(H2,61,77)(H,66,79)(H,67,80)(H,70,78)(H,71,84)(H,72,81)(H,73,85)(H,74,82)(H,75,83)(H4,62,63,68)(H4,64,65,69)/t39-,40-,41+,42-,43-,44-,45-,48-/m0/s1. The molecular formula is C59H91N17O11S2. The number of nitrogens with zero attached hydrogens (tertiary/aromatic N) is 3. The van der Waals surface area contributed by atoms with E-state index in [1.807, 2.05) is 6.92 Å². The first kappa shape index (κ1) is 71.9. The normalized spacial score (nSPS) is 21.9. The number of ether oxygens (including phenoxy) is 1. The fourth-order valence-electron chi connectivity index (χ4n) is 10.6. The van der Waals surface area contributed by atoms with Crippen LogP contribution in [-0.4, -0.2) is 174 Å². The molecule has 3 fully saturated rings. The predicted molar refractivity (Wildman–Crippen MR) is 341 cm³/mol. The fourth-order valence-corrected chi connectivity index (χ4v) is 14.0. The number of aliphatic imine (C=N–C) groups is 2. The summed E-state index contributed by atoms with van der Waals surface area (Å²) in [5, 5.41) is 22.2. The summed E-state index contributed by atoms with van der Waals surface area (Å²) in [5.74, 6) is -7.52. The number of guanidine groups is 2. The summed E-state index contributed by atoms with van der Waals surface area (Å²) in [7, 11) is 2.59. The van der Waals surface area contributed by atoms with Crippen molar-refractivity contribution in [1.29, 1.82) is 0 Å². The Morgan fingerprint density at radius 1 is 0.708 bits per heavy atom. The summed E-state index contributed by atoms with van der Waals surface area (Å²) < 4.78 is 4.93. The first-order chi connectivity index (χ1) is 42.5. The molecule has 0 radical (unpaired) electrons. The van der Waals surface area contributed by atoms with Crippen LogP contribution in [-0.2, 0) is 60.8 Å². The number of nitrogens with one attached hydrogen (secondary N) is 8. The Bertz CT molecular complexity index is 2780. The number of benzene rings is 2. The zero-order chi connectivity index (χ0) is 65.0. The van der Waals surface area contributed by atoms with Gasteiger partial charge in [0.1, 0.15) is 48.0 Å². The van der Waals surface area contributed by atoms with Crippen LogP contribution in [0.3, 0.4) is 0 Å². The number of likely N-dealkylation sites (tertiary alicyclic amines) is 1. The maximum Gasteiger partial charge on any atom is 0.246 e. The van der Waals surface area contributed by atoms with Gasteiger partial charge in [-0.2, -0.15) is 0 Å². The number of hydrogen-bond acceptors (Lipinski definition) is 16. The second-order valence-electron chi connectivity index (χ2n) is 22.8. The third kappa shape index (κ3) is 24.2. The average Bonchev–Trinajstić information content (AvgIpc) is 2.45. The summed E-state index contributed by atoms with van der Waals surface area (Å²) in [4.78, 5) is 151. The Hall–Kier alpha value is -7.86. The van der Waals surface area contributed by atoms with Gasteiger partial charge in [0.25, 0.3) is 0 Å². The molecule has 10 amide bonds. The molecule has 8 atom stereocenters. The van der Waals surface area contributed by atoms with Crippen LogP contribution >= 0.6 is 21.6 Å². The SMILES string of the molecule is CCOc1ccc(C[C@H]2NC(=O)CC3(CCCCC3)SSC[C@@H](C(=O)N3CCC[C@H]3C(=O)N[C@@H](CCCN=C(N)N)C(=O)NCCNC(=O)[C@@H](N)CCCN=C(N)N)NC(=O)[C@H](CC(N)=O)NC(=O)[C@H](C(C)C)NC(=O)[C@H](Cc3ccccc3)NC2=O)cc1. The number of primary amides is 1. The number of hydrogen-bond donors (Lipinski definition) is 14. The van der Waals surface area contributed by atoms with Crippen molar-refractivity contribution in [1.82, 2.24) is 47.4 Å². The molecule has 490 valence electrons. The van der Waals surface area contributed by atoms with Crippen molar-refractivity contribution in [2.24, 2.45) is 50.3 Å². The molecule has 89 heavy (non-hydrogen) atoms. The van der Waals surface area contributed by atoms with Crippen LogP contribution in [0.25, 0.3) is 0 Å². The lowest BCUT2D eigenvalue weighted by Crippen LogP contribution is -2.61. The van der Waals surface area contributed by atoms with E-state index in [0.29, 0.717) is 62.1 Å². The summed E-state index contributed by atoms with van der Waals surface area (Å²) in [6.07, 6.45) is 4.46. The van der Waals surface area contributed by atoms with Crippen LogP contribution in [0, 0.1) is 5.92 Å². The second-order valence-corrected chi connectivity index (χ2v) is 25.6. The third-order valence-electron chi connectivity index (χ3n) is 15.3. The lowest BCUT2D eigenvalue weighted by molar-refractivity contribution is -0.142. The molecule has 20 N–H and O–H groups in total. The summed E-state index contributed by atoms with van der Waals surface area (Å²) in [5.41, 5.74) is 34.9. The van der Waals surface area contributed by atoms with E-state index in [-0.39, 0.29) is 82.4 Å². The van der Waals surface area contributed by atoms with Gasteiger partial charge in [-0.25, -0.2) is 0 Å². The van der Waals surface area contributed by atoms with Crippen molar-refractivity contribution in [3.05, 3.63) is 65.7 Å².